The van der Waals surface area contributed by atoms with Crippen LogP contribution >= 0.6 is 11.6 Å². The zero-order valence-corrected chi connectivity index (χ0v) is 20.3. The number of hydrogen-bond donors (Lipinski definition) is 0. The first-order chi connectivity index (χ1) is 16.5. The monoisotopic (exact) mass is 468 g/mol. The van der Waals surface area contributed by atoms with Gasteiger partial charge < -0.3 is 0 Å². The molecular formula is C30H29ClN2O. The quantitative estimate of drug-likeness (QED) is 0.270. The smallest absolute Gasteiger partial charge is 0.165 e. The maximum Gasteiger partial charge on any atom is 0.165 e. The topological polar surface area (TPSA) is 34.9 Å². The number of hydrogen-bond acceptors (Lipinski definition) is 2. The molecule has 0 aliphatic heterocycles. The van der Waals surface area contributed by atoms with Crippen LogP contribution in [0.15, 0.2) is 72.9 Å². The van der Waals surface area contributed by atoms with Crippen molar-refractivity contribution in [2.45, 2.75) is 45.6 Å². The average molecular weight is 469 g/mol. The van der Waals surface area contributed by atoms with Gasteiger partial charge in [-0.1, -0.05) is 73.1 Å². The highest BCUT2D eigenvalue weighted by Gasteiger charge is 2.51. The molecule has 2 fully saturated rings. The molecule has 0 bridgehead atoms. The summed E-state index contributed by atoms with van der Waals surface area (Å²) >= 11 is 6.40. The summed E-state index contributed by atoms with van der Waals surface area (Å²) in [6.07, 6.45) is 7.54. The van der Waals surface area contributed by atoms with Crippen molar-refractivity contribution in [2.24, 2.45) is 17.3 Å². The van der Waals surface area contributed by atoms with E-state index in [4.69, 9.17) is 11.6 Å². The first kappa shape index (κ1) is 21.6. The van der Waals surface area contributed by atoms with Crippen LogP contribution in [0.1, 0.15) is 54.9 Å². The molecule has 172 valence electrons. The van der Waals surface area contributed by atoms with Crippen LogP contribution in [0.25, 0.3) is 22.0 Å². The minimum absolute atomic E-state index is 0.195. The fourth-order valence-electron chi connectivity index (χ4n) is 6.57. The van der Waals surface area contributed by atoms with Crippen molar-refractivity contribution in [1.29, 1.82) is 0 Å². The van der Waals surface area contributed by atoms with E-state index in [1.807, 2.05) is 29.1 Å². The maximum atomic E-state index is 13.4. The van der Waals surface area contributed by atoms with Crippen LogP contribution in [0.4, 0.5) is 0 Å². The van der Waals surface area contributed by atoms with Gasteiger partial charge >= 0.3 is 0 Å². The van der Waals surface area contributed by atoms with Crippen LogP contribution in [-0.4, -0.2) is 15.6 Å². The fraction of sp³-hybridized carbons (Fsp3) is 0.333. The Labute approximate surface area is 205 Å². The van der Waals surface area contributed by atoms with Crippen LogP contribution < -0.4 is 0 Å². The van der Waals surface area contributed by atoms with E-state index < -0.39 is 0 Å². The fourth-order valence-corrected chi connectivity index (χ4v) is 6.80. The number of rotatable bonds is 6. The lowest BCUT2D eigenvalue weighted by Gasteiger charge is -2.57. The third-order valence-corrected chi connectivity index (χ3v) is 8.09. The van der Waals surface area contributed by atoms with E-state index in [9.17, 15) is 4.79 Å². The Balaban J connectivity index is 1.23. The lowest BCUT2D eigenvalue weighted by molar-refractivity contribution is -0.0611. The molecule has 3 aromatic carbocycles. The molecule has 0 atom stereocenters. The number of halogens is 1. The molecular weight excluding hydrogens is 440 g/mol. The Morgan fingerprint density at radius 1 is 1.00 bits per heavy atom. The molecule has 2 aliphatic rings. The summed E-state index contributed by atoms with van der Waals surface area (Å²) < 4.78 is 1.95. The van der Waals surface area contributed by atoms with Gasteiger partial charge in [-0.15, -0.1) is 0 Å². The van der Waals surface area contributed by atoms with Gasteiger partial charge in [0, 0.05) is 22.4 Å². The second-order valence-electron chi connectivity index (χ2n) is 10.7. The lowest BCUT2D eigenvalue weighted by atomic mass is 9.48. The van der Waals surface area contributed by atoms with Crippen molar-refractivity contribution in [3.05, 3.63) is 89.1 Å². The van der Waals surface area contributed by atoms with E-state index in [-0.39, 0.29) is 5.78 Å². The molecule has 6 rings (SSSR count). The van der Waals surface area contributed by atoms with Gasteiger partial charge in [0.1, 0.15) is 0 Å². The standard InChI is InChI=1S/C30H29ClN2O/c1-20-14-30(15-20)16-22(17-30)11-28(34)27-13-26(31)12-25-18-32-33(29(25)27)19-21-7-9-24(10-8-21)23-5-3-2-4-6-23/h2-10,12-13,18,20,22H,11,14-17,19H2,1H3. The molecule has 0 N–H and O–H groups in total. The minimum atomic E-state index is 0.195. The summed E-state index contributed by atoms with van der Waals surface area (Å²) in [5, 5.41) is 6.15. The van der Waals surface area contributed by atoms with Crippen LogP contribution in [-0.2, 0) is 6.54 Å². The predicted molar refractivity (Wildman–Crippen MR) is 138 cm³/mol. The van der Waals surface area contributed by atoms with Crippen molar-refractivity contribution in [3.8, 4) is 11.1 Å². The Bertz CT molecular complexity index is 1340. The highest BCUT2D eigenvalue weighted by molar-refractivity contribution is 6.32. The van der Waals surface area contributed by atoms with Crippen LogP contribution in [0.2, 0.25) is 5.02 Å². The summed E-state index contributed by atoms with van der Waals surface area (Å²) in [7, 11) is 0. The number of nitrogens with zero attached hydrogens (tertiary/aromatic N) is 2. The first-order valence-electron chi connectivity index (χ1n) is 12.3. The number of aromatic nitrogens is 2. The van der Waals surface area contributed by atoms with E-state index in [1.165, 1.54) is 36.8 Å². The van der Waals surface area contributed by atoms with E-state index in [2.05, 4.69) is 60.6 Å². The Morgan fingerprint density at radius 3 is 2.41 bits per heavy atom. The number of benzene rings is 3. The van der Waals surface area contributed by atoms with Crippen molar-refractivity contribution >= 4 is 28.3 Å². The highest BCUT2D eigenvalue weighted by Crippen LogP contribution is 2.61. The average Bonchev–Trinajstić information content (AvgIpc) is 3.19. The molecule has 2 aliphatic carbocycles. The SMILES string of the molecule is CC1CC2(C1)CC(CC(=O)c1cc(Cl)cc3cnn(Cc4ccc(-c5ccccc5)cc4)c13)C2. The molecule has 4 aromatic rings. The van der Waals surface area contributed by atoms with Crippen molar-refractivity contribution in [2.75, 3.05) is 0 Å². The summed E-state index contributed by atoms with van der Waals surface area (Å²) in [5.41, 5.74) is 5.71. The number of Topliss-reactive ketones (excluding diaryl/α,β-unsaturated/α-hetero) is 1. The molecule has 2 saturated carbocycles. The van der Waals surface area contributed by atoms with E-state index >= 15 is 0 Å². The van der Waals surface area contributed by atoms with Gasteiger partial charge in [0.25, 0.3) is 0 Å². The normalized spacial score (nSPS) is 23.6. The zero-order valence-electron chi connectivity index (χ0n) is 19.5. The van der Waals surface area contributed by atoms with Gasteiger partial charge in [-0.2, -0.15) is 5.10 Å². The predicted octanol–water partition coefficient (Wildman–Crippen LogP) is 7.80. The summed E-state index contributed by atoms with van der Waals surface area (Å²) in [5.74, 6) is 1.57. The molecule has 1 heterocycles. The molecule has 0 saturated heterocycles. The van der Waals surface area contributed by atoms with E-state index in [1.54, 1.807) is 0 Å². The molecule has 34 heavy (non-hydrogen) atoms. The Morgan fingerprint density at radius 2 is 1.71 bits per heavy atom. The molecule has 0 amide bonds. The number of ketones is 1. The highest BCUT2D eigenvalue weighted by atomic mass is 35.5. The summed E-state index contributed by atoms with van der Waals surface area (Å²) in [6.45, 7) is 2.95. The molecule has 1 spiro atoms. The van der Waals surface area contributed by atoms with Crippen LogP contribution in [0.5, 0.6) is 0 Å². The minimum Gasteiger partial charge on any atom is -0.294 e. The Hall–Kier alpha value is -2.91. The van der Waals surface area contributed by atoms with Crippen molar-refractivity contribution in [3.63, 3.8) is 0 Å². The van der Waals surface area contributed by atoms with Gasteiger partial charge in [-0.25, -0.2) is 0 Å². The number of carbonyl (C=O) groups is 1. The van der Waals surface area contributed by atoms with Gasteiger partial charge in [0.15, 0.2) is 5.78 Å². The van der Waals surface area contributed by atoms with Gasteiger partial charge in [-0.05, 0) is 71.8 Å². The molecule has 1 aromatic heterocycles. The van der Waals surface area contributed by atoms with Crippen LogP contribution in [0, 0.1) is 17.3 Å². The van der Waals surface area contributed by atoms with Gasteiger partial charge in [0.05, 0.1) is 18.3 Å². The maximum absolute atomic E-state index is 13.4. The molecule has 0 radical (unpaired) electrons. The second-order valence-corrected chi connectivity index (χ2v) is 11.1. The lowest BCUT2D eigenvalue weighted by Crippen LogP contribution is -2.47. The molecule has 0 unspecified atom stereocenters. The third-order valence-electron chi connectivity index (χ3n) is 7.87. The molecule has 3 nitrogen and oxygen atoms in total. The zero-order chi connectivity index (χ0) is 23.3. The van der Waals surface area contributed by atoms with E-state index in [0.29, 0.717) is 34.9 Å². The Kier molecular flexibility index (Phi) is 5.33. The number of carbonyl (C=O) groups excluding carboxylic acids is 1. The third kappa shape index (κ3) is 3.96. The van der Waals surface area contributed by atoms with E-state index in [0.717, 1.165) is 22.4 Å². The number of fused-ring (bicyclic) bond motifs is 1. The van der Waals surface area contributed by atoms with Gasteiger partial charge in [0.2, 0.25) is 0 Å². The molecule has 4 heteroatoms. The van der Waals surface area contributed by atoms with Crippen molar-refractivity contribution < 1.29 is 4.79 Å². The van der Waals surface area contributed by atoms with Crippen molar-refractivity contribution in [1.82, 2.24) is 9.78 Å². The second kappa shape index (κ2) is 8.39. The summed E-state index contributed by atoms with van der Waals surface area (Å²) in [4.78, 5) is 13.4. The van der Waals surface area contributed by atoms with Crippen LogP contribution in [0.3, 0.4) is 0 Å². The summed E-state index contributed by atoms with van der Waals surface area (Å²) in [6, 6.07) is 22.7. The van der Waals surface area contributed by atoms with Gasteiger partial charge in [-0.3, -0.25) is 9.48 Å². The largest absolute Gasteiger partial charge is 0.294 e. The first-order valence-corrected chi connectivity index (χ1v) is 12.7.